The molecule has 4 aromatic rings. The van der Waals surface area contributed by atoms with Gasteiger partial charge < -0.3 is 14.5 Å². The maximum atomic E-state index is 12.9. The number of ether oxygens (including phenoxy) is 1. The number of amides is 1. The molecule has 0 fully saturated rings. The normalized spacial score (nSPS) is 12.0. The summed E-state index contributed by atoms with van der Waals surface area (Å²) in [5.41, 5.74) is 2.88. The zero-order valence-electron chi connectivity index (χ0n) is 19.7. The highest BCUT2D eigenvalue weighted by Gasteiger charge is 2.22. The van der Waals surface area contributed by atoms with E-state index in [2.05, 4.69) is 29.4 Å². The molecule has 4 rings (SSSR count). The minimum absolute atomic E-state index is 0.0993. The average molecular weight is 477 g/mol. The molecule has 1 N–H and O–H groups in total. The van der Waals surface area contributed by atoms with Crippen molar-refractivity contribution < 1.29 is 13.9 Å². The Hall–Kier alpha value is -3.52. The van der Waals surface area contributed by atoms with E-state index in [9.17, 15) is 4.79 Å². The van der Waals surface area contributed by atoms with Crippen LogP contribution >= 0.6 is 11.8 Å². The van der Waals surface area contributed by atoms with Crippen LogP contribution < -0.4 is 10.1 Å². The van der Waals surface area contributed by atoms with Crippen molar-refractivity contribution in [2.45, 2.75) is 43.6 Å². The Kier molecular flexibility index (Phi) is 7.37. The predicted molar refractivity (Wildman–Crippen MR) is 134 cm³/mol. The highest BCUT2D eigenvalue weighted by Crippen LogP contribution is 2.30. The second-order valence-electron chi connectivity index (χ2n) is 8.23. The fourth-order valence-electron chi connectivity index (χ4n) is 3.46. The van der Waals surface area contributed by atoms with Crippen LogP contribution in [0.2, 0.25) is 0 Å². The lowest BCUT2D eigenvalue weighted by Gasteiger charge is -2.14. The van der Waals surface area contributed by atoms with Crippen molar-refractivity contribution in [3.8, 4) is 17.1 Å². The zero-order chi connectivity index (χ0) is 24.1. The summed E-state index contributed by atoms with van der Waals surface area (Å²) in [6, 6.07) is 19.4. The summed E-state index contributed by atoms with van der Waals surface area (Å²) < 4.78 is 12.9. The number of rotatable bonds is 9. The Balaban J connectivity index is 1.55. The summed E-state index contributed by atoms with van der Waals surface area (Å²) in [7, 11) is 1.63. The van der Waals surface area contributed by atoms with Crippen LogP contribution in [-0.2, 0) is 11.3 Å². The van der Waals surface area contributed by atoms with Gasteiger partial charge in [-0.1, -0.05) is 49.9 Å². The molecule has 2 aromatic heterocycles. The standard InChI is InChI=1S/C26H28N4O3S/c1-17(2)19-10-12-21(13-11-19)27-25(31)18(3)34-26-29-28-24(20-7-5-8-22(15-20)32-4)30(26)16-23-9-6-14-33-23/h5-15,17-18H,16H2,1-4H3,(H,27,31). The zero-order valence-corrected chi connectivity index (χ0v) is 20.5. The van der Waals surface area contributed by atoms with Gasteiger partial charge in [-0.05, 0) is 54.8 Å². The third-order valence-corrected chi connectivity index (χ3v) is 6.52. The van der Waals surface area contributed by atoms with E-state index >= 15 is 0 Å². The highest BCUT2D eigenvalue weighted by atomic mass is 32.2. The van der Waals surface area contributed by atoms with Gasteiger partial charge in [0.1, 0.15) is 11.5 Å². The maximum absolute atomic E-state index is 12.9. The van der Waals surface area contributed by atoms with Crippen LogP contribution in [0.1, 0.15) is 38.0 Å². The molecule has 0 aliphatic rings. The molecule has 0 saturated heterocycles. The molecule has 0 aliphatic heterocycles. The Morgan fingerprint density at radius 1 is 1.09 bits per heavy atom. The van der Waals surface area contributed by atoms with E-state index in [0.717, 1.165) is 22.8 Å². The first-order valence-electron chi connectivity index (χ1n) is 11.1. The Labute approximate surface area is 203 Å². The van der Waals surface area contributed by atoms with Gasteiger partial charge in [0.05, 0.1) is 25.2 Å². The van der Waals surface area contributed by atoms with Gasteiger partial charge in [-0.25, -0.2) is 0 Å². The van der Waals surface area contributed by atoms with Crippen molar-refractivity contribution >= 4 is 23.4 Å². The van der Waals surface area contributed by atoms with E-state index in [-0.39, 0.29) is 11.2 Å². The molecule has 2 heterocycles. The Morgan fingerprint density at radius 3 is 2.56 bits per heavy atom. The molecule has 7 nitrogen and oxygen atoms in total. The molecule has 0 aliphatic carbocycles. The molecule has 1 atom stereocenters. The number of thioether (sulfide) groups is 1. The molecule has 1 amide bonds. The first-order chi connectivity index (χ1) is 16.4. The number of aromatic nitrogens is 3. The molecular formula is C26H28N4O3S. The lowest BCUT2D eigenvalue weighted by atomic mass is 10.0. The van der Waals surface area contributed by atoms with Crippen molar-refractivity contribution in [2.24, 2.45) is 0 Å². The number of anilines is 1. The SMILES string of the molecule is COc1cccc(-c2nnc(SC(C)C(=O)Nc3ccc(C(C)C)cc3)n2Cc2ccco2)c1. The van der Waals surface area contributed by atoms with E-state index < -0.39 is 0 Å². The fraction of sp³-hybridized carbons (Fsp3) is 0.269. The van der Waals surface area contributed by atoms with Crippen LogP contribution in [0.4, 0.5) is 5.69 Å². The second-order valence-corrected chi connectivity index (χ2v) is 9.54. The molecule has 0 spiro atoms. The molecule has 2 aromatic carbocycles. The molecule has 0 bridgehead atoms. The topological polar surface area (TPSA) is 82.2 Å². The number of nitrogens with one attached hydrogen (secondary N) is 1. The van der Waals surface area contributed by atoms with Gasteiger partial charge in [-0.2, -0.15) is 0 Å². The minimum atomic E-state index is -0.387. The monoisotopic (exact) mass is 476 g/mol. The smallest absolute Gasteiger partial charge is 0.237 e. The number of hydrogen-bond donors (Lipinski definition) is 1. The number of nitrogens with zero attached hydrogens (tertiary/aromatic N) is 3. The number of methoxy groups -OCH3 is 1. The highest BCUT2D eigenvalue weighted by molar-refractivity contribution is 8.00. The van der Waals surface area contributed by atoms with Gasteiger partial charge in [0.15, 0.2) is 11.0 Å². The van der Waals surface area contributed by atoms with Crippen molar-refractivity contribution in [1.82, 2.24) is 14.8 Å². The van der Waals surface area contributed by atoms with Crippen molar-refractivity contribution in [3.05, 3.63) is 78.3 Å². The number of furan rings is 1. The summed E-state index contributed by atoms with van der Waals surface area (Å²) in [4.78, 5) is 12.9. The van der Waals surface area contributed by atoms with Crippen molar-refractivity contribution in [2.75, 3.05) is 12.4 Å². The van der Waals surface area contributed by atoms with Gasteiger partial charge in [-0.3, -0.25) is 9.36 Å². The maximum Gasteiger partial charge on any atom is 0.237 e. The summed E-state index contributed by atoms with van der Waals surface area (Å²) in [6.07, 6.45) is 1.64. The van der Waals surface area contributed by atoms with Crippen LogP contribution in [0.25, 0.3) is 11.4 Å². The van der Waals surface area contributed by atoms with Gasteiger partial charge in [0.2, 0.25) is 5.91 Å². The van der Waals surface area contributed by atoms with E-state index in [1.807, 2.05) is 72.2 Å². The quantitative estimate of drug-likeness (QED) is 0.306. The predicted octanol–water partition coefficient (Wildman–Crippen LogP) is 5.84. The summed E-state index contributed by atoms with van der Waals surface area (Å²) in [5.74, 6) is 2.52. The third kappa shape index (κ3) is 5.51. The molecule has 176 valence electrons. The van der Waals surface area contributed by atoms with Crippen molar-refractivity contribution in [1.29, 1.82) is 0 Å². The third-order valence-electron chi connectivity index (χ3n) is 5.44. The Bertz CT molecular complexity index is 1230. The van der Waals surface area contributed by atoms with Crippen LogP contribution in [0.15, 0.2) is 76.5 Å². The lowest BCUT2D eigenvalue weighted by Crippen LogP contribution is -2.23. The molecule has 34 heavy (non-hydrogen) atoms. The first kappa shape index (κ1) is 23.6. The first-order valence-corrected chi connectivity index (χ1v) is 12.0. The van der Waals surface area contributed by atoms with Crippen LogP contribution in [0.5, 0.6) is 5.75 Å². The summed E-state index contributed by atoms with van der Waals surface area (Å²) in [5, 5.41) is 12.1. The van der Waals surface area contributed by atoms with E-state index in [1.165, 1.54) is 17.3 Å². The molecule has 0 saturated carbocycles. The lowest BCUT2D eigenvalue weighted by molar-refractivity contribution is -0.115. The largest absolute Gasteiger partial charge is 0.497 e. The number of benzene rings is 2. The minimum Gasteiger partial charge on any atom is -0.497 e. The van der Waals surface area contributed by atoms with Crippen LogP contribution in [0.3, 0.4) is 0 Å². The molecular weight excluding hydrogens is 448 g/mol. The van der Waals surface area contributed by atoms with E-state index in [0.29, 0.717) is 23.4 Å². The van der Waals surface area contributed by atoms with Crippen molar-refractivity contribution in [3.63, 3.8) is 0 Å². The van der Waals surface area contributed by atoms with Crippen LogP contribution in [0, 0.1) is 0 Å². The molecule has 0 radical (unpaired) electrons. The number of hydrogen-bond acceptors (Lipinski definition) is 6. The van der Waals surface area contributed by atoms with Gasteiger partial charge in [0.25, 0.3) is 0 Å². The van der Waals surface area contributed by atoms with Crippen LogP contribution in [-0.4, -0.2) is 33.0 Å². The van der Waals surface area contributed by atoms with Gasteiger partial charge >= 0.3 is 0 Å². The van der Waals surface area contributed by atoms with E-state index in [1.54, 1.807) is 13.4 Å². The van der Waals surface area contributed by atoms with Gasteiger partial charge in [-0.15, -0.1) is 10.2 Å². The van der Waals surface area contributed by atoms with Gasteiger partial charge in [0, 0.05) is 11.3 Å². The Morgan fingerprint density at radius 2 is 1.88 bits per heavy atom. The molecule has 1 unspecified atom stereocenters. The molecule has 8 heteroatoms. The summed E-state index contributed by atoms with van der Waals surface area (Å²) >= 11 is 1.36. The summed E-state index contributed by atoms with van der Waals surface area (Å²) in [6.45, 7) is 6.59. The fourth-order valence-corrected chi connectivity index (χ4v) is 4.31. The number of carbonyl (C=O) groups is 1. The average Bonchev–Trinajstić information content (AvgIpc) is 3.50. The van der Waals surface area contributed by atoms with E-state index in [4.69, 9.17) is 9.15 Å². The number of carbonyl (C=O) groups excluding carboxylic acids is 1. The second kappa shape index (κ2) is 10.6.